The monoisotopic (exact) mass is 833 g/mol. The number of nitrogens with zero attached hydrogens (tertiary/aromatic N) is 3. The first-order valence-corrected chi connectivity index (χ1v) is 21.7. The summed E-state index contributed by atoms with van der Waals surface area (Å²) in [6.45, 7) is 7.84. The summed E-state index contributed by atoms with van der Waals surface area (Å²) in [7, 11) is 1.67. The van der Waals surface area contributed by atoms with Crippen LogP contribution in [0.5, 0.6) is 0 Å². The van der Waals surface area contributed by atoms with E-state index >= 15 is 0 Å². The molecule has 58 heavy (non-hydrogen) atoms. The van der Waals surface area contributed by atoms with Crippen molar-refractivity contribution in [3.63, 3.8) is 0 Å². The van der Waals surface area contributed by atoms with Gasteiger partial charge >= 0.3 is 12.1 Å². The maximum Gasteiger partial charge on any atom is 0.407 e. The summed E-state index contributed by atoms with van der Waals surface area (Å²) in [5.74, 6) is -0.196. The number of quaternary nitrogens is 1. The molecule has 3 heterocycles. The number of benzene rings is 2. The molecule has 2 aromatic carbocycles. The van der Waals surface area contributed by atoms with Gasteiger partial charge in [0.05, 0.1) is 40.8 Å². The highest BCUT2D eigenvalue weighted by Crippen LogP contribution is 2.20. The fraction of sp³-hybridized carbons (Fsp3) is 0.476. The van der Waals surface area contributed by atoms with Crippen molar-refractivity contribution >= 4 is 46.6 Å². The SMILES string of the molecule is CC(C)c1nc(CN(C)C(=O)NC(CCNC(=O)C[NH+]2CCOCC2)C(=O)NC(CCC(Cc2ccccc2)NC(=O)OCc2cncs2)Cc2ccccc2)cs1. The van der Waals surface area contributed by atoms with Gasteiger partial charge in [-0.15, -0.1) is 22.7 Å². The van der Waals surface area contributed by atoms with Gasteiger partial charge in [0, 0.05) is 43.2 Å². The molecule has 1 fully saturated rings. The molecule has 5 N–H and O–H groups in total. The molecule has 312 valence electrons. The second kappa shape index (κ2) is 23.5. The van der Waals surface area contributed by atoms with E-state index in [0.29, 0.717) is 45.4 Å². The Morgan fingerprint density at radius 2 is 1.53 bits per heavy atom. The lowest BCUT2D eigenvalue weighted by atomic mass is 9.95. The van der Waals surface area contributed by atoms with Crippen LogP contribution in [-0.2, 0) is 45.1 Å². The Labute approximate surface area is 349 Å². The molecule has 3 unspecified atom stereocenters. The number of nitrogens with one attached hydrogen (secondary N) is 5. The van der Waals surface area contributed by atoms with Crippen LogP contribution in [0, 0.1) is 0 Å². The van der Waals surface area contributed by atoms with Crippen molar-refractivity contribution in [1.82, 2.24) is 36.1 Å². The van der Waals surface area contributed by atoms with Crippen LogP contribution in [-0.4, -0.2) is 103 Å². The molecule has 0 bridgehead atoms. The van der Waals surface area contributed by atoms with Crippen LogP contribution in [0.25, 0.3) is 0 Å². The predicted molar refractivity (Wildman–Crippen MR) is 225 cm³/mol. The van der Waals surface area contributed by atoms with Gasteiger partial charge in [0.25, 0.3) is 5.91 Å². The van der Waals surface area contributed by atoms with Crippen molar-refractivity contribution < 1.29 is 33.6 Å². The van der Waals surface area contributed by atoms with E-state index in [9.17, 15) is 19.2 Å². The van der Waals surface area contributed by atoms with Crippen molar-refractivity contribution in [2.75, 3.05) is 46.4 Å². The van der Waals surface area contributed by atoms with Crippen LogP contribution in [0.2, 0.25) is 0 Å². The minimum absolute atomic E-state index is 0.117. The molecule has 0 spiro atoms. The lowest BCUT2D eigenvalue weighted by molar-refractivity contribution is -0.900. The first-order chi connectivity index (χ1) is 28.1. The van der Waals surface area contributed by atoms with Gasteiger partial charge in [-0.1, -0.05) is 74.5 Å². The average molecular weight is 834 g/mol. The first-order valence-electron chi connectivity index (χ1n) is 19.9. The molecule has 2 aromatic heterocycles. The molecular formula is C42H57N8O6S2+. The van der Waals surface area contributed by atoms with E-state index in [2.05, 4.69) is 45.1 Å². The number of carbonyl (C=O) groups is 4. The largest absolute Gasteiger partial charge is 0.444 e. The molecule has 5 amide bonds. The average Bonchev–Trinajstić information content (AvgIpc) is 3.93. The van der Waals surface area contributed by atoms with Crippen LogP contribution >= 0.6 is 22.7 Å². The highest BCUT2D eigenvalue weighted by Gasteiger charge is 2.27. The topological polar surface area (TPSA) is 168 Å². The number of urea groups is 1. The summed E-state index contributed by atoms with van der Waals surface area (Å²) < 4.78 is 10.9. The Hall–Kier alpha value is -4.90. The predicted octanol–water partition coefficient (Wildman–Crippen LogP) is 3.70. The second-order valence-electron chi connectivity index (χ2n) is 14.9. The number of amides is 5. The van der Waals surface area contributed by atoms with Crippen LogP contribution < -0.4 is 26.2 Å². The number of morpholine rings is 1. The number of rotatable bonds is 21. The maximum absolute atomic E-state index is 14.3. The summed E-state index contributed by atoms with van der Waals surface area (Å²) in [5, 5.41) is 15.1. The summed E-state index contributed by atoms with van der Waals surface area (Å²) in [6, 6.07) is 17.8. The number of hydrogen-bond acceptors (Lipinski definition) is 10. The number of thiazole rings is 2. The van der Waals surface area contributed by atoms with E-state index in [-0.39, 0.29) is 55.9 Å². The minimum Gasteiger partial charge on any atom is -0.444 e. The number of hydrogen-bond donors (Lipinski definition) is 5. The highest BCUT2D eigenvalue weighted by atomic mass is 32.1. The highest BCUT2D eigenvalue weighted by molar-refractivity contribution is 7.09. The van der Waals surface area contributed by atoms with Gasteiger partial charge in [0.2, 0.25) is 5.91 Å². The normalized spacial score (nSPS) is 14.6. The molecule has 0 aliphatic carbocycles. The third kappa shape index (κ3) is 15.5. The maximum atomic E-state index is 14.3. The summed E-state index contributed by atoms with van der Waals surface area (Å²) in [5.41, 5.74) is 4.56. The quantitative estimate of drug-likeness (QED) is 0.0848. The molecular weight excluding hydrogens is 777 g/mol. The van der Waals surface area contributed by atoms with E-state index in [1.165, 1.54) is 16.2 Å². The fourth-order valence-electron chi connectivity index (χ4n) is 6.60. The van der Waals surface area contributed by atoms with Gasteiger partial charge in [-0.2, -0.15) is 0 Å². The summed E-state index contributed by atoms with van der Waals surface area (Å²) in [6.07, 6.45) is 3.49. The van der Waals surface area contributed by atoms with E-state index in [1.54, 1.807) is 30.1 Å². The molecule has 4 aromatic rings. The third-order valence-electron chi connectivity index (χ3n) is 9.80. The fourth-order valence-corrected chi connectivity index (χ4v) is 7.93. The van der Waals surface area contributed by atoms with Crippen LogP contribution in [0.1, 0.15) is 65.7 Å². The van der Waals surface area contributed by atoms with Gasteiger partial charge in [-0.3, -0.25) is 14.6 Å². The zero-order valence-electron chi connectivity index (χ0n) is 33.6. The standard InChI is InChI=1S/C42H56N8O6S2/c1-30(2)40-46-35(28-57-40)25-49(3)41(53)48-37(16-17-44-38(51)26-50-18-20-55-21-19-50)39(52)45-33(22-31-10-6-4-7-11-31)14-15-34(23-32-12-8-5-9-13-32)47-42(54)56-27-36-24-43-29-58-36/h4-13,24,28-30,33-34,37H,14-23,25-27H2,1-3H3,(H,44,51)(H,45,52)(H,47,54)(H,48,53)/p+1. The Morgan fingerprint density at radius 3 is 2.14 bits per heavy atom. The van der Waals surface area contributed by atoms with Crippen molar-refractivity contribution in [3.05, 3.63) is 104 Å². The van der Waals surface area contributed by atoms with Gasteiger partial charge in [0.1, 0.15) is 25.7 Å². The molecule has 5 rings (SSSR count). The summed E-state index contributed by atoms with van der Waals surface area (Å²) >= 11 is 2.98. The number of alkyl carbamates (subject to hydrolysis) is 1. The van der Waals surface area contributed by atoms with Crippen LogP contribution in [0.15, 0.2) is 77.8 Å². The van der Waals surface area contributed by atoms with Gasteiger partial charge in [0.15, 0.2) is 6.54 Å². The Kier molecular flexibility index (Phi) is 17.9. The van der Waals surface area contributed by atoms with E-state index in [4.69, 9.17) is 9.47 Å². The molecule has 1 aliphatic heterocycles. The Balaban J connectivity index is 1.27. The van der Waals surface area contributed by atoms with Crippen molar-refractivity contribution in [3.8, 4) is 0 Å². The van der Waals surface area contributed by atoms with Crippen LogP contribution in [0.4, 0.5) is 9.59 Å². The van der Waals surface area contributed by atoms with Crippen molar-refractivity contribution in [2.45, 2.75) is 83.1 Å². The minimum atomic E-state index is -0.939. The molecule has 14 nitrogen and oxygen atoms in total. The van der Waals surface area contributed by atoms with E-state index < -0.39 is 18.2 Å². The van der Waals surface area contributed by atoms with Gasteiger partial charge < -0.3 is 40.5 Å². The summed E-state index contributed by atoms with van der Waals surface area (Å²) in [4.78, 5) is 66.0. The zero-order valence-corrected chi connectivity index (χ0v) is 35.2. The Morgan fingerprint density at radius 1 is 0.879 bits per heavy atom. The lowest BCUT2D eigenvalue weighted by Crippen LogP contribution is -3.15. The lowest BCUT2D eigenvalue weighted by Gasteiger charge is -2.27. The Bertz CT molecular complexity index is 1840. The van der Waals surface area contributed by atoms with Crippen LogP contribution in [0.3, 0.4) is 0 Å². The molecule has 3 atom stereocenters. The molecule has 1 aliphatic rings. The molecule has 16 heteroatoms. The second-order valence-corrected chi connectivity index (χ2v) is 16.8. The van der Waals surface area contributed by atoms with Crippen molar-refractivity contribution in [1.29, 1.82) is 0 Å². The number of aromatic nitrogens is 2. The van der Waals surface area contributed by atoms with Crippen molar-refractivity contribution in [2.24, 2.45) is 0 Å². The van der Waals surface area contributed by atoms with E-state index in [1.807, 2.05) is 66.0 Å². The molecule has 0 saturated carbocycles. The first kappa shape index (κ1) is 44.2. The number of carbonyl (C=O) groups excluding carboxylic acids is 4. The van der Waals surface area contributed by atoms with E-state index in [0.717, 1.165) is 44.7 Å². The smallest absolute Gasteiger partial charge is 0.407 e. The zero-order chi connectivity index (χ0) is 41.1. The number of ether oxygens (including phenoxy) is 2. The van der Waals surface area contributed by atoms with Gasteiger partial charge in [-0.05, 0) is 43.2 Å². The molecule has 0 radical (unpaired) electrons. The molecule has 1 saturated heterocycles. The third-order valence-corrected chi connectivity index (χ3v) is 11.7. The van der Waals surface area contributed by atoms with Gasteiger partial charge in [-0.25, -0.2) is 14.6 Å².